The topological polar surface area (TPSA) is 15.3 Å². The summed E-state index contributed by atoms with van der Waals surface area (Å²) in [5.41, 5.74) is 3.00. The molecule has 0 aromatic heterocycles. The van der Waals surface area contributed by atoms with Gasteiger partial charge in [0.25, 0.3) is 0 Å². The van der Waals surface area contributed by atoms with Gasteiger partial charge >= 0.3 is 0 Å². The van der Waals surface area contributed by atoms with Crippen LogP contribution in [0.2, 0.25) is 0 Å². The van der Waals surface area contributed by atoms with Crippen LogP contribution in [0.25, 0.3) is 0 Å². The number of hydrazine groups is 1. The summed E-state index contributed by atoms with van der Waals surface area (Å²) < 4.78 is 1.78. The van der Waals surface area contributed by atoms with E-state index in [1.807, 2.05) is 0 Å². The summed E-state index contributed by atoms with van der Waals surface area (Å²) in [4.78, 5) is 0. The van der Waals surface area contributed by atoms with Gasteiger partial charge in [-0.15, -0.1) is 0 Å². The molecule has 1 N–H and O–H groups in total. The SMILES string of the molecule is [CH2]N1NCCS1. The third-order valence-corrected chi connectivity index (χ3v) is 1.46. The van der Waals surface area contributed by atoms with Crippen LogP contribution in [0.15, 0.2) is 0 Å². The summed E-state index contributed by atoms with van der Waals surface area (Å²) in [6.07, 6.45) is 0. The molecular weight excluding hydrogens is 96.1 g/mol. The molecule has 0 aromatic rings. The first-order valence-electron chi connectivity index (χ1n) is 1.86. The minimum Gasteiger partial charge on any atom is -0.244 e. The molecule has 0 spiro atoms. The summed E-state index contributed by atoms with van der Waals surface area (Å²) in [5, 5.41) is 0. The van der Waals surface area contributed by atoms with Crippen LogP contribution in [0.4, 0.5) is 0 Å². The van der Waals surface area contributed by atoms with Gasteiger partial charge in [0.15, 0.2) is 0 Å². The van der Waals surface area contributed by atoms with Crippen LogP contribution >= 0.6 is 11.9 Å². The lowest BCUT2D eigenvalue weighted by Crippen LogP contribution is -2.18. The maximum Gasteiger partial charge on any atom is 0.0396 e. The molecule has 1 radical (unpaired) electrons. The normalized spacial score (nSPS) is 25.5. The Hall–Kier alpha value is 0.270. The molecule has 1 rings (SSSR count). The zero-order valence-corrected chi connectivity index (χ0v) is 4.29. The fourth-order valence-electron chi connectivity index (χ4n) is 0.372. The highest BCUT2D eigenvalue weighted by Crippen LogP contribution is 2.07. The van der Waals surface area contributed by atoms with Gasteiger partial charge in [0.2, 0.25) is 0 Å². The van der Waals surface area contributed by atoms with E-state index in [1.165, 1.54) is 0 Å². The minimum absolute atomic E-state index is 1.06. The molecule has 0 aromatic carbocycles. The molecule has 0 unspecified atom stereocenters. The van der Waals surface area contributed by atoms with E-state index in [4.69, 9.17) is 0 Å². The molecule has 0 atom stereocenters. The predicted octanol–water partition coefficient (Wildman–Crippen LogP) is 0.246. The third kappa shape index (κ3) is 0.864. The van der Waals surface area contributed by atoms with E-state index in [0.29, 0.717) is 0 Å². The van der Waals surface area contributed by atoms with E-state index in [0.717, 1.165) is 12.3 Å². The highest BCUT2D eigenvalue weighted by Gasteiger charge is 2.03. The van der Waals surface area contributed by atoms with E-state index in [-0.39, 0.29) is 0 Å². The number of nitrogens with zero attached hydrogens (tertiary/aromatic N) is 1. The Labute approximate surface area is 42.0 Å². The van der Waals surface area contributed by atoms with Gasteiger partial charge in [0, 0.05) is 19.3 Å². The fourth-order valence-corrected chi connectivity index (χ4v) is 0.957. The molecule has 3 heteroatoms. The van der Waals surface area contributed by atoms with Gasteiger partial charge in [0.1, 0.15) is 0 Å². The van der Waals surface area contributed by atoms with Crippen LogP contribution in [0, 0.1) is 7.05 Å². The molecule has 35 valence electrons. The molecule has 1 saturated heterocycles. The molecule has 0 aliphatic carbocycles. The van der Waals surface area contributed by atoms with Gasteiger partial charge in [-0.05, 0) is 0 Å². The van der Waals surface area contributed by atoms with Gasteiger partial charge in [-0.2, -0.15) is 4.41 Å². The first-order valence-corrected chi connectivity index (χ1v) is 2.81. The quantitative estimate of drug-likeness (QED) is 0.442. The predicted molar refractivity (Wildman–Crippen MR) is 27.7 cm³/mol. The van der Waals surface area contributed by atoms with E-state index >= 15 is 0 Å². The van der Waals surface area contributed by atoms with Gasteiger partial charge in [-0.3, -0.25) is 0 Å². The summed E-state index contributed by atoms with van der Waals surface area (Å²) >= 11 is 1.71. The van der Waals surface area contributed by atoms with Crippen LogP contribution in [0.1, 0.15) is 0 Å². The van der Waals surface area contributed by atoms with Crippen molar-refractivity contribution in [2.45, 2.75) is 0 Å². The second-order valence-corrected chi connectivity index (χ2v) is 2.23. The van der Waals surface area contributed by atoms with Gasteiger partial charge < -0.3 is 0 Å². The fraction of sp³-hybridized carbons (Fsp3) is 0.667. The van der Waals surface area contributed by atoms with Crippen LogP contribution in [-0.2, 0) is 0 Å². The molecule has 0 amide bonds. The Morgan fingerprint density at radius 3 is 2.83 bits per heavy atom. The van der Waals surface area contributed by atoms with Gasteiger partial charge in [-0.25, -0.2) is 5.43 Å². The van der Waals surface area contributed by atoms with Gasteiger partial charge in [0.05, 0.1) is 0 Å². The summed E-state index contributed by atoms with van der Waals surface area (Å²) in [6.45, 7) is 1.06. The van der Waals surface area contributed by atoms with Crippen LogP contribution in [0.3, 0.4) is 0 Å². The third-order valence-electron chi connectivity index (χ3n) is 0.637. The van der Waals surface area contributed by atoms with Crippen molar-refractivity contribution in [3.05, 3.63) is 7.05 Å². The lowest BCUT2D eigenvalue weighted by Gasteiger charge is -2.00. The number of nitrogens with one attached hydrogen (secondary N) is 1. The standard InChI is InChI=1S/C3H7N2S/c1-5-4-2-3-6-5/h4H,1-3H2. The number of hydrogen-bond donors (Lipinski definition) is 1. The minimum atomic E-state index is 1.06. The smallest absolute Gasteiger partial charge is 0.0396 e. The number of rotatable bonds is 0. The molecule has 0 saturated carbocycles. The lowest BCUT2D eigenvalue weighted by atomic mass is 10.8. The second-order valence-electron chi connectivity index (χ2n) is 1.12. The number of hydrogen-bond acceptors (Lipinski definition) is 3. The highest BCUT2D eigenvalue weighted by atomic mass is 32.2. The monoisotopic (exact) mass is 103 g/mol. The second kappa shape index (κ2) is 1.82. The molecule has 6 heavy (non-hydrogen) atoms. The van der Waals surface area contributed by atoms with E-state index in [1.54, 1.807) is 16.4 Å². The van der Waals surface area contributed by atoms with Crippen molar-refractivity contribution in [1.29, 1.82) is 0 Å². The largest absolute Gasteiger partial charge is 0.244 e. The van der Waals surface area contributed by atoms with Gasteiger partial charge in [-0.1, -0.05) is 11.9 Å². The van der Waals surface area contributed by atoms with Crippen molar-refractivity contribution in [2.75, 3.05) is 12.3 Å². The molecule has 1 heterocycles. The maximum atomic E-state index is 3.62. The average molecular weight is 103 g/mol. The van der Waals surface area contributed by atoms with Crippen LogP contribution in [0.5, 0.6) is 0 Å². The Morgan fingerprint density at radius 1 is 1.83 bits per heavy atom. The highest BCUT2D eigenvalue weighted by molar-refractivity contribution is 7.97. The van der Waals surface area contributed by atoms with Crippen molar-refractivity contribution in [2.24, 2.45) is 0 Å². The first kappa shape index (κ1) is 4.43. The Kier molecular flexibility index (Phi) is 1.34. The lowest BCUT2D eigenvalue weighted by molar-refractivity contribution is 0.495. The Balaban J connectivity index is 2.18. The van der Waals surface area contributed by atoms with Crippen molar-refractivity contribution >= 4 is 11.9 Å². The summed E-state index contributed by atoms with van der Waals surface area (Å²) in [5.74, 6) is 1.16. The molecule has 0 bridgehead atoms. The summed E-state index contributed by atoms with van der Waals surface area (Å²) in [7, 11) is 3.62. The molecule has 1 aliphatic heterocycles. The zero-order valence-electron chi connectivity index (χ0n) is 3.48. The van der Waals surface area contributed by atoms with Crippen LogP contribution < -0.4 is 5.43 Å². The Bertz CT molecular complexity index is 42.1. The molecule has 1 aliphatic rings. The van der Waals surface area contributed by atoms with E-state index in [9.17, 15) is 0 Å². The van der Waals surface area contributed by atoms with E-state index in [2.05, 4.69) is 12.5 Å². The molecular formula is C3H7N2S. The van der Waals surface area contributed by atoms with Crippen molar-refractivity contribution in [1.82, 2.24) is 9.84 Å². The van der Waals surface area contributed by atoms with Crippen LogP contribution in [-0.4, -0.2) is 16.7 Å². The first-order chi connectivity index (χ1) is 2.89. The maximum absolute atomic E-state index is 3.62. The van der Waals surface area contributed by atoms with Crippen molar-refractivity contribution in [3.8, 4) is 0 Å². The molecule has 2 nitrogen and oxygen atoms in total. The zero-order chi connectivity index (χ0) is 4.41. The molecule has 1 fully saturated rings. The van der Waals surface area contributed by atoms with E-state index < -0.39 is 0 Å². The summed E-state index contributed by atoms with van der Waals surface area (Å²) in [6, 6.07) is 0. The Morgan fingerprint density at radius 2 is 2.67 bits per heavy atom. The van der Waals surface area contributed by atoms with Crippen molar-refractivity contribution < 1.29 is 0 Å². The van der Waals surface area contributed by atoms with Crippen molar-refractivity contribution in [3.63, 3.8) is 0 Å². The average Bonchev–Trinajstić information content (AvgIpc) is 1.86.